The van der Waals surface area contributed by atoms with Crippen molar-refractivity contribution in [1.29, 1.82) is 0 Å². The van der Waals surface area contributed by atoms with E-state index in [0.29, 0.717) is 5.56 Å². The first-order chi connectivity index (χ1) is 16.5. The van der Waals surface area contributed by atoms with E-state index in [1.54, 1.807) is 20.8 Å². The van der Waals surface area contributed by atoms with Crippen LogP contribution in [0.1, 0.15) is 38.1 Å². The number of hydrogen-bond acceptors (Lipinski definition) is 7. The molecule has 1 heterocycles. The van der Waals surface area contributed by atoms with E-state index in [4.69, 9.17) is 4.74 Å². The van der Waals surface area contributed by atoms with Gasteiger partial charge in [0.2, 0.25) is 0 Å². The van der Waals surface area contributed by atoms with E-state index in [1.165, 1.54) is 24.3 Å². The monoisotopic (exact) mass is 519 g/mol. The molecule has 3 rings (SSSR count). The van der Waals surface area contributed by atoms with E-state index in [0.717, 1.165) is 40.5 Å². The smallest absolute Gasteiger partial charge is 0.414 e. The van der Waals surface area contributed by atoms with Crippen LogP contribution in [0, 0.1) is 19.7 Å². The van der Waals surface area contributed by atoms with Crippen LogP contribution >= 0.6 is 11.3 Å². The van der Waals surface area contributed by atoms with Gasteiger partial charge in [-0.25, -0.2) is 17.6 Å². The number of benzene rings is 2. The van der Waals surface area contributed by atoms with Crippen molar-refractivity contribution in [3.63, 3.8) is 0 Å². The zero-order valence-corrected chi connectivity index (χ0v) is 20.6. The number of amides is 3. The molecular weight excluding hydrogens is 497 g/mol. The Labute approximate surface area is 205 Å². The number of carbonyl (C=O) groups excluding carboxylic acids is 3. The Morgan fingerprint density at radius 2 is 1.71 bits per heavy atom. The summed E-state index contributed by atoms with van der Waals surface area (Å²) < 4.78 is 45.3. The molecule has 0 fully saturated rings. The van der Waals surface area contributed by atoms with E-state index < -0.39 is 33.7 Å². The van der Waals surface area contributed by atoms with Crippen molar-refractivity contribution in [2.75, 3.05) is 16.6 Å². The number of anilines is 2. The van der Waals surface area contributed by atoms with Crippen LogP contribution in [0.4, 0.5) is 19.9 Å². The van der Waals surface area contributed by atoms with Crippen LogP contribution < -0.4 is 15.4 Å². The third-order valence-electron chi connectivity index (χ3n) is 4.83. The van der Waals surface area contributed by atoms with Crippen LogP contribution in [-0.2, 0) is 14.8 Å². The van der Waals surface area contributed by atoms with Crippen LogP contribution in [0.25, 0.3) is 0 Å². The molecule has 0 saturated carbocycles. The second kappa shape index (κ2) is 10.7. The van der Waals surface area contributed by atoms with E-state index in [9.17, 15) is 27.2 Å². The Morgan fingerprint density at radius 3 is 2.37 bits per heavy atom. The first-order valence-electron chi connectivity index (χ1n) is 10.3. The molecule has 9 nitrogen and oxygen atoms in total. The first-order valence-corrected chi connectivity index (χ1v) is 12.6. The number of carbonyl (C=O) groups is 3. The van der Waals surface area contributed by atoms with Crippen LogP contribution in [-0.4, -0.2) is 32.9 Å². The fraction of sp³-hybridized carbons (Fsp3) is 0.174. The number of thiophene rings is 1. The molecule has 0 aliphatic carbocycles. The minimum atomic E-state index is -4.01. The van der Waals surface area contributed by atoms with Gasteiger partial charge >= 0.3 is 6.09 Å². The number of aryl methyl sites for hydroxylation is 1. The number of halogens is 1. The van der Waals surface area contributed by atoms with Gasteiger partial charge in [-0.3, -0.25) is 19.6 Å². The van der Waals surface area contributed by atoms with Gasteiger partial charge in [-0.05, 0) is 68.8 Å². The van der Waals surface area contributed by atoms with Crippen molar-refractivity contribution in [1.82, 2.24) is 5.32 Å². The van der Waals surface area contributed by atoms with Crippen molar-refractivity contribution in [2.45, 2.75) is 25.7 Å². The van der Waals surface area contributed by atoms with Gasteiger partial charge in [0.25, 0.3) is 21.8 Å². The molecule has 0 saturated heterocycles. The molecule has 0 spiro atoms. The lowest BCUT2D eigenvalue weighted by Crippen LogP contribution is -2.31. The van der Waals surface area contributed by atoms with Gasteiger partial charge in [-0.1, -0.05) is 6.07 Å². The third kappa shape index (κ3) is 6.22. The van der Waals surface area contributed by atoms with Gasteiger partial charge < -0.3 is 10.1 Å². The average Bonchev–Trinajstić information content (AvgIpc) is 3.07. The Bertz CT molecular complexity index is 1380. The summed E-state index contributed by atoms with van der Waals surface area (Å²) in [4.78, 5) is 37.8. The molecule has 3 aromatic rings. The van der Waals surface area contributed by atoms with E-state index >= 15 is 0 Å². The maximum atomic E-state index is 13.1. The molecule has 0 bridgehead atoms. The molecule has 0 atom stereocenters. The highest BCUT2D eigenvalue weighted by molar-refractivity contribution is 7.92. The fourth-order valence-electron chi connectivity index (χ4n) is 3.04. The van der Waals surface area contributed by atoms with E-state index in [2.05, 4.69) is 15.4 Å². The van der Waals surface area contributed by atoms with Gasteiger partial charge in [0, 0.05) is 16.1 Å². The summed E-state index contributed by atoms with van der Waals surface area (Å²) in [6, 6.07) is 10.0. The molecule has 1 aromatic heterocycles. The number of ether oxygens (including phenoxy) is 1. The molecule has 35 heavy (non-hydrogen) atoms. The fourth-order valence-corrected chi connectivity index (χ4v) is 5.14. The molecule has 0 aliphatic heterocycles. The highest BCUT2D eigenvalue weighted by Crippen LogP contribution is 2.33. The van der Waals surface area contributed by atoms with Crippen molar-refractivity contribution < 1.29 is 31.9 Å². The van der Waals surface area contributed by atoms with Crippen LogP contribution in [0.5, 0.6) is 0 Å². The predicted octanol–water partition coefficient (Wildman–Crippen LogP) is 4.44. The number of nitrogens with one attached hydrogen (secondary N) is 3. The van der Waals surface area contributed by atoms with Crippen LogP contribution in [0.2, 0.25) is 0 Å². The molecule has 12 heteroatoms. The summed E-state index contributed by atoms with van der Waals surface area (Å²) in [5, 5.41) is 4.99. The maximum absolute atomic E-state index is 13.1. The van der Waals surface area contributed by atoms with Crippen molar-refractivity contribution in [3.05, 3.63) is 75.9 Å². The summed E-state index contributed by atoms with van der Waals surface area (Å²) in [5.74, 6) is -1.89. The molecule has 0 aliphatic rings. The number of imide groups is 1. The van der Waals surface area contributed by atoms with Gasteiger partial charge in [0.1, 0.15) is 10.8 Å². The summed E-state index contributed by atoms with van der Waals surface area (Å²) >= 11 is 1.16. The Kier molecular flexibility index (Phi) is 7.87. The quantitative estimate of drug-likeness (QED) is 0.423. The molecule has 184 valence electrons. The lowest BCUT2D eigenvalue weighted by molar-refractivity contribution is 0.0925. The van der Waals surface area contributed by atoms with Gasteiger partial charge in [0.05, 0.1) is 17.1 Å². The molecular formula is C23H22FN3O6S2. The molecule has 3 N–H and O–H groups in total. The first kappa shape index (κ1) is 25.8. The maximum Gasteiger partial charge on any atom is 0.414 e. The lowest BCUT2D eigenvalue weighted by atomic mass is 10.1. The van der Waals surface area contributed by atoms with E-state index in [1.807, 2.05) is 0 Å². The van der Waals surface area contributed by atoms with Gasteiger partial charge in [-0.15, -0.1) is 11.3 Å². The SMILES string of the molecule is CCOC(=O)NC(=O)c1c(NC(=O)c2cccc(NS(=O)(=O)c3ccc(F)cc3)c2)sc(C)c1C. The third-order valence-corrected chi connectivity index (χ3v) is 7.35. The normalized spacial score (nSPS) is 11.0. The Morgan fingerprint density at radius 1 is 1.03 bits per heavy atom. The summed E-state index contributed by atoms with van der Waals surface area (Å²) in [7, 11) is -4.01. The Balaban J connectivity index is 1.81. The second-order valence-corrected chi connectivity index (χ2v) is 10.2. The summed E-state index contributed by atoms with van der Waals surface area (Å²) in [5.41, 5.74) is 0.945. The number of alkyl carbamates (subject to hydrolysis) is 1. The molecule has 3 amide bonds. The zero-order chi connectivity index (χ0) is 25.8. The van der Waals surface area contributed by atoms with Gasteiger partial charge in [-0.2, -0.15) is 0 Å². The van der Waals surface area contributed by atoms with Crippen molar-refractivity contribution in [3.8, 4) is 0 Å². The highest BCUT2D eigenvalue weighted by atomic mass is 32.2. The molecule has 2 aromatic carbocycles. The number of hydrogen-bond donors (Lipinski definition) is 3. The van der Waals surface area contributed by atoms with Gasteiger partial charge in [0.15, 0.2) is 0 Å². The lowest BCUT2D eigenvalue weighted by Gasteiger charge is -2.11. The standard InChI is InChI=1S/C23H22FN3O6S2/c1-4-33-23(30)26-21(29)19-13(2)14(3)34-22(19)25-20(28)15-6-5-7-17(12-15)27-35(31,32)18-10-8-16(24)9-11-18/h5-12,27H,4H2,1-3H3,(H,25,28)(H,26,29,30). The second-order valence-electron chi connectivity index (χ2n) is 7.26. The minimum Gasteiger partial charge on any atom is -0.450 e. The summed E-state index contributed by atoms with van der Waals surface area (Å²) in [6.07, 6.45) is -0.904. The van der Waals surface area contributed by atoms with E-state index in [-0.39, 0.29) is 33.3 Å². The largest absolute Gasteiger partial charge is 0.450 e. The molecule has 0 unspecified atom stereocenters. The van der Waals surface area contributed by atoms with Crippen molar-refractivity contribution in [2.24, 2.45) is 0 Å². The van der Waals surface area contributed by atoms with Crippen LogP contribution in [0.3, 0.4) is 0 Å². The van der Waals surface area contributed by atoms with Crippen LogP contribution in [0.15, 0.2) is 53.4 Å². The summed E-state index contributed by atoms with van der Waals surface area (Å²) in [6.45, 7) is 5.14. The topological polar surface area (TPSA) is 131 Å². The number of sulfonamides is 1. The minimum absolute atomic E-state index is 0.0889. The zero-order valence-electron chi connectivity index (χ0n) is 19.0. The number of rotatable bonds is 7. The molecule has 0 radical (unpaired) electrons. The van der Waals surface area contributed by atoms with Crippen molar-refractivity contribution >= 4 is 50.0 Å². The average molecular weight is 520 g/mol. The Hall–Kier alpha value is -3.77. The predicted molar refractivity (Wildman–Crippen MR) is 130 cm³/mol. The highest BCUT2D eigenvalue weighted by Gasteiger charge is 2.23.